The van der Waals surface area contributed by atoms with E-state index in [0.717, 1.165) is 19.6 Å². The van der Waals surface area contributed by atoms with Gasteiger partial charge in [0.05, 0.1) is 0 Å². The molecule has 0 atom stereocenters. The fraction of sp³-hybridized carbons (Fsp3) is 0.400. The van der Waals surface area contributed by atoms with Crippen LogP contribution in [-0.4, -0.2) is 28.2 Å². The number of rotatable bonds is 3. The van der Waals surface area contributed by atoms with Crippen LogP contribution < -0.4 is 4.90 Å². The van der Waals surface area contributed by atoms with Gasteiger partial charge in [-0.1, -0.05) is 30.3 Å². The summed E-state index contributed by atoms with van der Waals surface area (Å²) in [7, 11) is 0. The first-order valence-corrected chi connectivity index (χ1v) is 6.92. The van der Waals surface area contributed by atoms with E-state index in [0.29, 0.717) is 23.4 Å². The second-order valence-electron chi connectivity index (χ2n) is 5.45. The Morgan fingerprint density at radius 1 is 1.20 bits per heavy atom. The molecule has 4 nitrogen and oxygen atoms in total. The maximum absolute atomic E-state index is 13.0. The molecule has 2 heterocycles. The van der Waals surface area contributed by atoms with Crippen LogP contribution in [-0.2, 0) is 12.1 Å². The van der Waals surface area contributed by atoms with E-state index in [4.69, 9.17) is 0 Å². The number of likely N-dealkylation sites (tertiary alicyclic amines) is 1. The summed E-state index contributed by atoms with van der Waals surface area (Å²) in [6.45, 7) is 2.50. The van der Waals surface area contributed by atoms with E-state index >= 15 is 0 Å². The van der Waals surface area contributed by atoms with Crippen LogP contribution in [0.2, 0.25) is 0 Å². The summed E-state index contributed by atoms with van der Waals surface area (Å²) in [4.78, 5) is 2.69. The summed E-state index contributed by atoms with van der Waals surface area (Å²) in [5.74, 6) is 0. The van der Waals surface area contributed by atoms with Crippen molar-refractivity contribution in [3.8, 4) is 0 Å². The van der Waals surface area contributed by atoms with Gasteiger partial charge in [-0.2, -0.15) is 0 Å². The highest BCUT2D eigenvalue weighted by Crippen LogP contribution is 2.31. The Hall–Kier alpha value is -1.72. The van der Waals surface area contributed by atoms with E-state index in [1.54, 1.807) is 6.07 Å². The molecule has 1 aliphatic heterocycles. The molecule has 1 saturated heterocycles. The Balaban J connectivity index is 1.62. The van der Waals surface area contributed by atoms with Crippen molar-refractivity contribution in [1.82, 2.24) is 10.00 Å². The fourth-order valence-electron chi connectivity index (χ4n) is 2.78. The number of hydrogen-bond acceptors (Lipinski definition) is 2. The number of hydrogen-bond donors (Lipinski definition) is 2. The molecule has 20 heavy (non-hydrogen) atoms. The number of nitrogens with zero attached hydrogens (tertiary/aromatic N) is 2. The quantitative estimate of drug-likeness (QED) is 0.892. The summed E-state index contributed by atoms with van der Waals surface area (Å²) in [5, 5.41) is 13.1. The number of halogens is 1. The first-order chi connectivity index (χ1) is 9.66. The van der Waals surface area contributed by atoms with Crippen molar-refractivity contribution in [3.05, 3.63) is 53.9 Å². The number of benzene rings is 1. The summed E-state index contributed by atoms with van der Waals surface area (Å²) in [6.07, 6.45) is 2.50. The minimum atomic E-state index is -0.940. The number of aromatic amines is 1. The standard InChI is InChI=1S/C15H18FN3O/c16-19-9-6-14(17-19)15(20)7-10-18(11-8-15)12-13-4-2-1-3-5-13/h1-6,9,20H,7-8,10-12H2/p+1. The molecule has 2 N–H and O–H groups in total. The van der Waals surface area contributed by atoms with Crippen LogP contribution in [0.1, 0.15) is 24.1 Å². The Kier molecular flexibility index (Phi) is 3.54. The van der Waals surface area contributed by atoms with Gasteiger partial charge in [0.25, 0.3) is 0 Å². The number of aliphatic hydroxyl groups is 1. The summed E-state index contributed by atoms with van der Waals surface area (Å²) in [6, 6.07) is 11.9. The van der Waals surface area contributed by atoms with Crippen LogP contribution in [0.4, 0.5) is 4.48 Å². The van der Waals surface area contributed by atoms with E-state index < -0.39 is 5.60 Å². The second kappa shape index (κ2) is 5.34. The van der Waals surface area contributed by atoms with Crippen LogP contribution in [0, 0.1) is 0 Å². The average molecular weight is 276 g/mol. The van der Waals surface area contributed by atoms with Crippen LogP contribution in [0.5, 0.6) is 0 Å². The van der Waals surface area contributed by atoms with E-state index in [2.05, 4.69) is 22.1 Å². The summed E-state index contributed by atoms with van der Waals surface area (Å²) >= 11 is 0. The highest BCUT2D eigenvalue weighted by molar-refractivity contribution is 5.15. The van der Waals surface area contributed by atoms with Gasteiger partial charge in [-0.3, -0.25) is 4.90 Å². The molecule has 2 aromatic rings. The molecule has 0 bridgehead atoms. The zero-order chi connectivity index (χ0) is 14.0. The monoisotopic (exact) mass is 276 g/mol. The average Bonchev–Trinajstić information content (AvgIpc) is 2.90. The van der Waals surface area contributed by atoms with Crippen LogP contribution in [0.15, 0.2) is 42.6 Å². The maximum Gasteiger partial charge on any atom is 0.249 e. The van der Waals surface area contributed by atoms with Crippen molar-refractivity contribution >= 4 is 0 Å². The third kappa shape index (κ3) is 2.73. The van der Waals surface area contributed by atoms with Gasteiger partial charge in [0.2, 0.25) is 6.20 Å². The fourth-order valence-corrected chi connectivity index (χ4v) is 2.78. The third-order valence-electron chi connectivity index (χ3n) is 4.03. The summed E-state index contributed by atoms with van der Waals surface area (Å²) < 4.78 is 13.0. The van der Waals surface area contributed by atoms with Crippen molar-refractivity contribution < 1.29 is 14.5 Å². The molecule has 0 saturated carbocycles. The topological polar surface area (TPSA) is 43.1 Å². The van der Waals surface area contributed by atoms with E-state index in [1.807, 2.05) is 18.2 Å². The molecule has 0 radical (unpaired) electrons. The van der Waals surface area contributed by atoms with Gasteiger partial charge in [0.1, 0.15) is 20.7 Å². The molecule has 1 aromatic heterocycles. The third-order valence-corrected chi connectivity index (χ3v) is 4.03. The Morgan fingerprint density at radius 2 is 1.90 bits per heavy atom. The molecule has 0 spiro atoms. The Morgan fingerprint density at radius 3 is 2.50 bits per heavy atom. The SMILES string of the molecule is OC1(c2cc[n+](F)[nH]2)CCN(Cc2ccccc2)CC1. The van der Waals surface area contributed by atoms with Crippen LogP contribution in [0.3, 0.4) is 0 Å². The van der Waals surface area contributed by atoms with E-state index in [-0.39, 0.29) is 0 Å². The molecule has 0 unspecified atom stereocenters. The zero-order valence-electron chi connectivity index (χ0n) is 11.3. The molecule has 3 rings (SSSR count). The van der Waals surface area contributed by atoms with Crippen molar-refractivity contribution in [2.24, 2.45) is 0 Å². The second-order valence-corrected chi connectivity index (χ2v) is 5.45. The first kappa shape index (κ1) is 13.3. The normalized spacial score (nSPS) is 19.1. The van der Waals surface area contributed by atoms with Gasteiger partial charge >= 0.3 is 0 Å². The predicted octanol–water partition coefficient (Wildman–Crippen LogP) is 1.52. The van der Waals surface area contributed by atoms with Crippen molar-refractivity contribution in [3.63, 3.8) is 0 Å². The minimum Gasteiger partial charge on any atom is -0.383 e. The van der Waals surface area contributed by atoms with Crippen molar-refractivity contribution in [2.75, 3.05) is 13.1 Å². The van der Waals surface area contributed by atoms with Gasteiger partial charge in [-0.15, -0.1) is 5.10 Å². The molecular formula is C15H19FN3O+. The number of nitrogens with one attached hydrogen (secondary N) is 1. The van der Waals surface area contributed by atoms with Gasteiger partial charge in [0.15, 0.2) is 0 Å². The highest BCUT2D eigenvalue weighted by Gasteiger charge is 2.37. The Bertz CT molecular complexity index is 562. The van der Waals surface area contributed by atoms with Gasteiger partial charge < -0.3 is 5.11 Å². The van der Waals surface area contributed by atoms with Gasteiger partial charge in [0, 0.05) is 25.7 Å². The lowest BCUT2D eigenvalue weighted by Crippen LogP contribution is -2.43. The number of aromatic nitrogens is 2. The molecule has 0 amide bonds. The zero-order valence-corrected chi connectivity index (χ0v) is 11.3. The molecule has 106 valence electrons. The van der Waals surface area contributed by atoms with Gasteiger partial charge in [-0.25, -0.2) is 0 Å². The van der Waals surface area contributed by atoms with Crippen LogP contribution in [0.25, 0.3) is 0 Å². The summed E-state index contributed by atoms with van der Waals surface area (Å²) in [5.41, 5.74) is 0.892. The lowest BCUT2D eigenvalue weighted by atomic mass is 9.88. The van der Waals surface area contributed by atoms with E-state index in [1.165, 1.54) is 11.8 Å². The highest BCUT2D eigenvalue weighted by atomic mass is 19.2. The predicted molar refractivity (Wildman–Crippen MR) is 72.3 cm³/mol. The Labute approximate surface area is 117 Å². The lowest BCUT2D eigenvalue weighted by molar-refractivity contribution is -0.889. The smallest absolute Gasteiger partial charge is 0.249 e. The van der Waals surface area contributed by atoms with Gasteiger partial charge in [-0.05, 0) is 18.4 Å². The lowest BCUT2D eigenvalue weighted by Gasteiger charge is -2.36. The largest absolute Gasteiger partial charge is 0.383 e. The van der Waals surface area contributed by atoms with Crippen molar-refractivity contribution in [1.29, 1.82) is 0 Å². The van der Waals surface area contributed by atoms with E-state index in [9.17, 15) is 9.59 Å². The maximum atomic E-state index is 13.0. The van der Waals surface area contributed by atoms with Crippen LogP contribution >= 0.6 is 0 Å². The number of piperidine rings is 1. The molecule has 0 aliphatic carbocycles. The minimum absolute atomic E-state index is 0.379. The number of H-pyrrole nitrogens is 1. The molecular weight excluding hydrogens is 257 g/mol. The molecule has 5 heteroatoms. The molecule has 1 fully saturated rings. The molecule has 1 aliphatic rings. The van der Waals surface area contributed by atoms with Crippen molar-refractivity contribution in [2.45, 2.75) is 25.0 Å². The molecule has 1 aromatic carbocycles. The first-order valence-electron chi connectivity index (χ1n) is 6.92.